The number of hydrogen-bond acceptors (Lipinski definition) is 6. The first-order valence-electron chi connectivity index (χ1n) is 6.86. The summed E-state index contributed by atoms with van der Waals surface area (Å²) in [4.78, 5) is 17.9. The second-order valence-electron chi connectivity index (χ2n) is 4.89. The molecule has 2 heterocycles. The molecule has 7 nitrogen and oxygen atoms in total. The van der Waals surface area contributed by atoms with Crippen molar-refractivity contribution in [1.29, 1.82) is 0 Å². The summed E-state index contributed by atoms with van der Waals surface area (Å²) in [5.74, 6) is 1.20. The molecule has 1 unspecified atom stereocenters. The number of carbonyl (C=O) groups excluding carboxylic acids is 1. The number of likely N-dealkylation sites (tertiary alicyclic amines) is 1. The van der Waals surface area contributed by atoms with E-state index in [0.29, 0.717) is 37.9 Å². The zero-order valence-electron chi connectivity index (χ0n) is 12.0. The van der Waals surface area contributed by atoms with E-state index in [1.807, 2.05) is 4.90 Å². The predicted octanol–water partition coefficient (Wildman–Crippen LogP) is 0.922. The minimum Gasteiger partial charge on any atom is -0.384 e. The second-order valence-corrected chi connectivity index (χ2v) is 4.89. The third kappa shape index (κ3) is 4.28. The maximum Gasteiger partial charge on any atom is 0.224 e. The first-order valence-corrected chi connectivity index (χ1v) is 6.86. The van der Waals surface area contributed by atoms with Crippen LogP contribution in [0.5, 0.6) is 0 Å². The lowest BCUT2D eigenvalue weighted by atomic mass is 10.1. The fraction of sp³-hybridized carbons (Fsp3) is 0.769. The summed E-state index contributed by atoms with van der Waals surface area (Å²) < 4.78 is 15.6. The summed E-state index contributed by atoms with van der Waals surface area (Å²) >= 11 is 0. The van der Waals surface area contributed by atoms with Gasteiger partial charge in [-0.2, -0.15) is 4.98 Å². The highest BCUT2D eigenvalue weighted by Crippen LogP contribution is 2.15. The quantitative estimate of drug-likeness (QED) is 0.772. The van der Waals surface area contributed by atoms with Crippen molar-refractivity contribution >= 4 is 5.91 Å². The van der Waals surface area contributed by atoms with E-state index in [-0.39, 0.29) is 12.0 Å². The fourth-order valence-electron chi connectivity index (χ4n) is 2.24. The average molecular weight is 283 g/mol. The van der Waals surface area contributed by atoms with E-state index in [1.165, 1.54) is 0 Å². The summed E-state index contributed by atoms with van der Waals surface area (Å²) in [7, 11) is 1.60. The number of piperidine rings is 1. The molecule has 0 aliphatic carbocycles. The lowest BCUT2D eigenvalue weighted by molar-refractivity contribution is -0.136. The molecular formula is C13H21N3O4. The highest BCUT2D eigenvalue weighted by Gasteiger charge is 2.24. The number of carbonyl (C=O) groups is 1. The standard InChI is InChI=1S/C13H21N3O4/c1-10-14-12(15-20-10)9-19-11-4-3-6-16(8-11)13(17)5-7-18-2/h11H,3-9H2,1-2H3. The number of nitrogens with zero attached hydrogens (tertiary/aromatic N) is 3. The molecule has 7 heteroatoms. The van der Waals surface area contributed by atoms with Crippen molar-refractivity contribution in [2.45, 2.75) is 38.9 Å². The number of aromatic nitrogens is 2. The van der Waals surface area contributed by atoms with E-state index in [1.54, 1.807) is 14.0 Å². The Kier molecular flexibility index (Phi) is 5.49. The van der Waals surface area contributed by atoms with Crippen molar-refractivity contribution in [2.24, 2.45) is 0 Å². The Hall–Kier alpha value is -1.47. The summed E-state index contributed by atoms with van der Waals surface area (Å²) in [5.41, 5.74) is 0. The number of hydrogen-bond donors (Lipinski definition) is 0. The van der Waals surface area contributed by atoms with Crippen molar-refractivity contribution in [1.82, 2.24) is 15.0 Å². The van der Waals surface area contributed by atoms with E-state index in [2.05, 4.69) is 10.1 Å². The van der Waals surface area contributed by atoms with Gasteiger partial charge >= 0.3 is 0 Å². The van der Waals surface area contributed by atoms with Crippen LogP contribution in [0.1, 0.15) is 31.0 Å². The first-order chi connectivity index (χ1) is 9.69. The largest absolute Gasteiger partial charge is 0.384 e. The maximum atomic E-state index is 11.9. The molecule has 0 bridgehead atoms. The number of methoxy groups -OCH3 is 1. The summed E-state index contributed by atoms with van der Waals surface area (Å²) in [6.45, 7) is 3.95. The summed E-state index contributed by atoms with van der Waals surface area (Å²) in [5, 5.41) is 3.79. The van der Waals surface area contributed by atoms with Crippen LogP contribution in [0.4, 0.5) is 0 Å². The van der Waals surface area contributed by atoms with Crippen LogP contribution in [0.25, 0.3) is 0 Å². The Balaban J connectivity index is 1.76. The monoisotopic (exact) mass is 283 g/mol. The van der Waals surface area contributed by atoms with Gasteiger partial charge in [0.05, 0.1) is 19.1 Å². The Labute approximate surface area is 118 Å². The van der Waals surface area contributed by atoms with Crippen LogP contribution in [-0.2, 0) is 20.9 Å². The van der Waals surface area contributed by atoms with Gasteiger partial charge in [0.25, 0.3) is 0 Å². The molecule has 1 atom stereocenters. The van der Waals surface area contributed by atoms with Gasteiger partial charge in [-0.1, -0.05) is 5.16 Å². The molecule has 1 aromatic rings. The highest BCUT2D eigenvalue weighted by molar-refractivity contribution is 5.76. The van der Waals surface area contributed by atoms with Crippen molar-refractivity contribution in [3.05, 3.63) is 11.7 Å². The smallest absolute Gasteiger partial charge is 0.224 e. The zero-order valence-corrected chi connectivity index (χ0v) is 12.0. The maximum absolute atomic E-state index is 11.9. The normalized spacial score (nSPS) is 19.3. The van der Waals surface area contributed by atoms with Crippen LogP contribution < -0.4 is 0 Å². The van der Waals surface area contributed by atoms with Gasteiger partial charge in [0.2, 0.25) is 11.8 Å². The minimum atomic E-state index is 0.0362. The van der Waals surface area contributed by atoms with Crippen molar-refractivity contribution in [3.63, 3.8) is 0 Å². The van der Waals surface area contributed by atoms with Gasteiger partial charge in [-0.05, 0) is 12.8 Å². The number of aryl methyl sites for hydroxylation is 1. The number of ether oxygens (including phenoxy) is 2. The molecule has 1 saturated heterocycles. The molecular weight excluding hydrogens is 262 g/mol. The van der Waals surface area contributed by atoms with Crippen LogP contribution in [0.3, 0.4) is 0 Å². The third-order valence-corrected chi connectivity index (χ3v) is 3.27. The van der Waals surface area contributed by atoms with Crippen LogP contribution in [0, 0.1) is 6.92 Å². The molecule has 2 rings (SSSR count). The molecule has 0 aromatic carbocycles. The molecule has 1 aliphatic rings. The van der Waals surface area contributed by atoms with Crippen molar-refractivity contribution in [2.75, 3.05) is 26.8 Å². The van der Waals surface area contributed by atoms with E-state index in [4.69, 9.17) is 14.0 Å². The minimum absolute atomic E-state index is 0.0362. The van der Waals surface area contributed by atoms with Crippen LogP contribution in [0.15, 0.2) is 4.52 Å². The predicted molar refractivity (Wildman–Crippen MR) is 69.9 cm³/mol. The van der Waals surface area contributed by atoms with Gasteiger partial charge in [0.1, 0.15) is 6.61 Å². The van der Waals surface area contributed by atoms with Gasteiger partial charge < -0.3 is 18.9 Å². The Morgan fingerprint density at radius 3 is 3.10 bits per heavy atom. The van der Waals surface area contributed by atoms with Crippen molar-refractivity contribution < 1.29 is 18.8 Å². The average Bonchev–Trinajstić information content (AvgIpc) is 2.88. The molecule has 1 fully saturated rings. The molecule has 0 spiro atoms. The molecule has 112 valence electrons. The Morgan fingerprint density at radius 2 is 2.40 bits per heavy atom. The van der Waals surface area contributed by atoms with Crippen LogP contribution >= 0.6 is 0 Å². The number of rotatable bonds is 6. The molecule has 0 N–H and O–H groups in total. The first kappa shape index (κ1) is 14.9. The fourth-order valence-corrected chi connectivity index (χ4v) is 2.24. The molecule has 1 amide bonds. The lowest BCUT2D eigenvalue weighted by Gasteiger charge is -2.32. The lowest BCUT2D eigenvalue weighted by Crippen LogP contribution is -2.43. The molecule has 0 saturated carbocycles. The summed E-state index contributed by atoms with van der Waals surface area (Å²) in [6, 6.07) is 0. The van der Waals surface area contributed by atoms with Gasteiger partial charge in [-0.3, -0.25) is 4.79 Å². The molecule has 0 radical (unpaired) electrons. The SMILES string of the molecule is COCCC(=O)N1CCCC(OCc2noc(C)n2)C1. The molecule has 1 aliphatic heterocycles. The molecule has 1 aromatic heterocycles. The van der Waals surface area contributed by atoms with E-state index < -0.39 is 0 Å². The van der Waals surface area contributed by atoms with Gasteiger partial charge in [0.15, 0.2) is 5.82 Å². The third-order valence-electron chi connectivity index (χ3n) is 3.27. The van der Waals surface area contributed by atoms with E-state index in [0.717, 1.165) is 19.4 Å². The van der Waals surface area contributed by atoms with E-state index >= 15 is 0 Å². The molecule has 20 heavy (non-hydrogen) atoms. The topological polar surface area (TPSA) is 77.7 Å². The Bertz CT molecular complexity index is 435. The van der Waals surface area contributed by atoms with Gasteiger partial charge in [-0.25, -0.2) is 0 Å². The Morgan fingerprint density at radius 1 is 1.55 bits per heavy atom. The second kappa shape index (κ2) is 7.35. The van der Waals surface area contributed by atoms with Gasteiger partial charge in [-0.15, -0.1) is 0 Å². The van der Waals surface area contributed by atoms with Gasteiger partial charge in [0, 0.05) is 27.1 Å². The number of amides is 1. The zero-order chi connectivity index (χ0) is 14.4. The van der Waals surface area contributed by atoms with Crippen molar-refractivity contribution in [3.8, 4) is 0 Å². The highest BCUT2D eigenvalue weighted by atomic mass is 16.5. The van der Waals surface area contributed by atoms with Crippen LogP contribution in [0.2, 0.25) is 0 Å². The van der Waals surface area contributed by atoms with Crippen LogP contribution in [-0.4, -0.2) is 53.9 Å². The summed E-state index contributed by atoms with van der Waals surface area (Å²) in [6.07, 6.45) is 2.36. The van der Waals surface area contributed by atoms with E-state index in [9.17, 15) is 4.79 Å².